The van der Waals surface area contributed by atoms with E-state index in [1.165, 1.54) is 17.0 Å². The van der Waals surface area contributed by atoms with Crippen molar-refractivity contribution in [1.82, 2.24) is 10.1 Å². The fraction of sp³-hybridized carbons (Fsp3) is 0.400. The lowest BCUT2D eigenvalue weighted by Gasteiger charge is -2.19. The minimum absolute atomic E-state index is 0.0625. The highest BCUT2D eigenvalue weighted by Gasteiger charge is 2.37. The predicted octanol–water partition coefficient (Wildman–Crippen LogP) is 5.24. The van der Waals surface area contributed by atoms with Gasteiger partial charge in [-0.15, -0.1) is 0 Å². The molecule has 1 aromatic heterocycles. The van der Waals surface area contributed by atoms with Crippen LogP contribution in [0.4, 0.5) is 13.2 Å². The molecule has 0 spiro atoms. The Hall–Kier alpha value is -3.56. The summed E-state index contributed by atoms with van der Waals surface area (Å²) in [5.74, 6) is -0.662. The number of carboxylic acid groups (broad SMARTS) is 1. The van der Waals surface area contributed by atoms with Gasteiger partial charge in [-0.1, -0.05) is 42.8 Å². The SMILES string of the molecule is CCCc1c(OCCCC(=O)N(C)Cc2ccccc2CC(=O)O)ccc2c(C(F)(F)F)noc12. The average Bonchev–Trinajstić information content (AvgIpc) is 3.24. The van der Waals surface area contributed by atoms with E-state index in [1.54, 1.807) is 31.3 Å². The highest BCUT2D eigenvalue weighted by atomic mass is 19.4. The van der Waals surface area contributed by atoms with Crippen LogP contribution in [0.15, 0.2) is 40.9 Å². The van der Waals surface area contributed by atoms with Crippen molar-refractivity contribution in [3.05, 3.63) is 58.8 Å². The van der Waals surface area contributed by atoms with Crippen molar-refractivity contribution in [2.24, 2.45) is 0 Å². The number of carboxylic acids is 1. The fourth-order valence-electron chi connectivity index (χ4n) is 3.85. The van der Waals surface area contributed by atoms with E-state index in [2.05, 4.69) is 5.16 Å². The van der Waals surface area contributed by atoms with Crippen LogP contribution in [0.5, 0.6) is 5.75 Å². The van der Waals surface area contributed by atoms with Crippen LogP contribution in [0.2, 0.25) is 0 Å². The zero-order valence-corrected chi connectivity index (χ0v) is 19.5. The third-order valence-corrected chi connectivity index (χ3v) is 5.56. The number of carbonyl (C=O) groups excluding carboxylic acids is 1. The molecule has 1 amide bonds. The Morgan fingerprint density at radius 1 is 1.14 bits per heavy atom. The largest absolute Gasteiger partial charge is 0.493 e. The minimum Gasteiger partial charge on any atom is -0.493 e. The second-order valence-electron chi connectivity index (χ2n) is 8.24. The third kappa shape index (κ3) is 6.52. The summed E-state index contributed by atoms with van der Waals surface area (Å²) in [5, 5.41) is 12.2. The molecular formula is C25H27F3N2O5. The summed E-state index contributed by atoms with van der Waals surface area (Å²) in [5.41, 5.74) is 0.946. The van der Waals surface area contributed by atoms with E-state index in [0.717, 1.165) is 5.56 Å². The van der Waals surface area contributed by atoms with Crippen molar-refractivity contribution in [2.75, 3.05) is 13.7 Å². The maximum atomic E-state index is 13.2. The van der Waals surface area contributed by atoms with E-state index < -0.39 is 17.8 Å². The van der Waals surface area contributed by atoms with Crippen molar-refractivity contribution >= 4 is 22.8 Å². The molecule has 3 rings (SSSR count). The number of amides is 1. The summed E-state index contributed by atoms with van der Waals surface area (Å²) in [6.07, 6.45) is -3.01. The van der Waals surface area contributed by atoms with E-state index >= 15 is 0 Å². The number of benzene rings is 2. The number of aliphatic carboxylic acids is 1. The summed E-state index contributed by atoms with van der Waals surface area (Å²) in [7, 11) is 1.65. The molecule has 0 bridgehead atoms. The maximum Gasteiger partial charge on any atom is 0.437 e. The van der Waals surface area contributed by atoms with Gasteiger partial charge in [0.1, 0.15) is 5.75 Å². The van der Waals surface area contributed by atoms with Gasteiger partial charge in [0.15, 0.2) is 11.3 Å². The number of carbonyl (C=O) groups is 2. The molecule has 0 saturated carbocycles. The predicted molar refractivity (Wildman–Crippen MR) is 122 cm³/mol. The molecule has 188 valence electrons. The Morgan fingerprint density at radius 2 is 1.86 bits per heavy atom. The van der Waals surface area contributed by atoms with Gasteiger partial charge in [-0.2, -0.15) is 13.2 Å². The molecule has 0 atom stereocenters. The van der Waals surface area contributed by atoms with Gasteiger partial charge in [0.05, 0.1) is 18.4 Å². The highest BCUT2D eigenvalue weighted by molar-refractivity contribution is 5.85. The number of nitrogens with zero attached hydrogens (tertiary/aromatic N) is 2. The topological polar surface area (TPSA) is 92.9 Å². The smallest absolute Gasteiger partial charge is 0.437 e. The van der Waals surface area contributed by atoms with Crippen molar-refractivity contribution in [3.63, 3.8) is 0 Å². The first-order chi connectivity index (χ1) is 16.6. The van der Waals surface area contributed by atoms with Crippen LogP contribution in [-0.2, 0) is 35.2 Å². The van der Waals surface area contributed by atoms with Crippen LogP contribution < -0.4 is 4.74 Å². The van der Waals surface area contributed by atoms with Crippen LogP contribution in [0.3, 0.4) is 0 Å². The summed E-state index contributed by atoms with van der Waals surface area (Å²) >= 11 is 0. The van der Waals surface area contributed by atoms with Crippen LogP contribution in [0.25, 0.3) is 11.0 Å². The summed E-state index contributed by atoms with van der Waals surface area (Å²) < 4.78 is 50.3. The Morgan fingerprint density at radius 3 is 2.51 bits per heavy atom. The van der Waals surface area contributed by atoms with E-state index in [-0.39, 0.29) is 42.9 Å². The molecule has 7 nitrogen and oxygen atoms in total. The monoisotopic (exact) mass is 492 g/mol. The van der Waals surface area contributed by atoms with Gasteiger partial charge in [-0.05, 0) is 36.1 Å². The molecule has 1 heterocycles. The number of aromatic nitrogens is 1. The highest BCUT2D eigenvalue weighted by Crippen LogP contribution is 2.38. The third-order valence-electron chi connectivity index (χ3n) is 5.56. The minimum atomic E-state index is -4.61. The number of hydrogen-bond acceptors (Lipinski definition) is 5. The van der Waals surface area contributed by atoms with Gasteiger partial charge >= 0.3 is 12.1 Å². The number of halogens is 3. The van der Waals surface area contributed by atoms with Crippen LogP contribution in [0.1, 0.15) is 48.6 Å². The molecule has 0 unspecified atom stereocenters. The molecule has 2 aromatic carbocycles. The molecule has 0 fully saturated rings. The lowest BCUT2D eigenvalue weighted by Crippen LogP contribution is -2.27. The van der Waals surface area contributed by atoms with Gasteiger partial charge in [0.25, 0.3) is 0 Å². The number of rotatable bonds is 11. The van der Waals surface area contributed by atoms with Crippen molar-refractivity contribution < 1.29 is 37.1 Å². The van der Waals surface area contributed by atoms with Gasteiger partial charge < -0.3 is 19.3 Å². The zero-order valence-electron chi connectivity index (χ0n) is 19.5. The van der Waals surface area contributed by atoms with Crippen LogP contribution >= 0.6 is 0 Å². The molecular weight excluding hydrogens is 465 g/mol. The number of alkyl halides is 3. The van der Waals surface area contributed by atoms with Gasteiger partial charge in [-0.25, -0.2) is 0 Å². The number of aryl methyl sites for hydroxylation is 1. The lowest BCUT2D eigenvalue weighted by molar-refractivity contribution is -0.141. The first kappa shape index (κ1) is 26.1. The lowest BCUT2D eigenvalue weighted by atomic mass is 10.0. The Balaban J connectivity index is 1.59. The summed E-state index contributed by atoms with van der Waals surface area (Å²) in [4.78, 5) is 25.1. The number of fused-ring (bicyclic) bond motifs is 1. The molecule has 35 heavy (non-hydrogen) atoms. The first-order valence-electron chi connectivity index (χ1n) is 11.3. The maximum absolute atomic E-state index is 13.2. The Kier molecular flexibility index (Phi) is 8.37. The Labute approximate surface area is 200 Å². The molecule has 0 radical (unpaired) electrons. The van der Waals surface area contributed by atoms with Crippen LogP contribution in [0, 0.1) is 0 Å². The molecule has 1 N–H and O–H groups in total. The van der Waals surface area contributed by atoms with E-state index in [9.17, 15) is 22.8 Å². The van der Waals surface area contributed by atoms with E-state index in [0.29, 0.717) is 36.1 Å². The van der Waals surface area contributed by atoms with Gasteiger partial charge in [0.2, 0.25) is 5.91 Å². The second kappa shape index (κ2) is 11.2. The molecule has 0 saturated heterocycles. The normalized spacial score (nSPS) is 11.6. The molecule has 10 heteroatoms. The summed E-state index contributed by atoms with van der Waals surface area (Å²) in [6.45, 7) is 2.37. The van der Waals surface area contributed by atoms with Crippen molar-refractivity contribution in [3.8, 4) is 5.75 Å². The quantitative estimate of drug-likeness (QED) is 0.368. The number of hydrogen-bond donors (Lipinski definition) is 1. The van der Waals surface area contributed by atoms with Crippen molar-refractivity contribution in [2.45, 2.75) is 51.7 Å². The van der Waals surface area contributed by atoms with Crippen LogP contribution in [-0.4, -0.2) is 40.7 Å². The molecule has 0 aliphatic heterocycles. The molecule has 0 aliphatic carbocycles. The van der Waals surface area contributed by atoms with Gasteiger partial charge in [0, 0.05) is 25.6 Å². The molecule has 3 aromatic rings. The van der Waals surface area contributed by atoms with Crippen molar-refractivity contribution in [1.29, 1.82) is 0 Å². The molecule has 0 aliphatic rings. The van der Waals surface area contributed by atoms with E-state index in [4.69, 9.17) is 14.4 Å². The van der Waals surface area contributed by atoms with Gasteiger partial charge in [-0.3, -0.25) is 9.59 Å². The number of ether oxygens (including phenoxy) is 1. The second-order valence-corrected chi connectivity index (χ2v) is 8.24. The average molecular weight is 492 g/mol. The van der Waals surface area contributed by atoms with E-state index in [1.807, 2.05) is 6.92 Å². The first-order valence-corrected chi connectivity index (χ1v) is 11.3. The summed E-state index contributed by atoms with van der Waals surface area (Å²) in [6, 6.07) is 9.85. The fourth-order valence-corrected chi connectivity index (χ4v) is 3.85. The standard InChI is InChI=1S/C25H27F3N2O5/c1-3-7-18-20(12-11-19-23(18)35-29-24(19)25(26,27)28)34-13-6-10-21(31)30(2)15-17-9-5-4-8-16(17)14-22(32)33/h4-5,8-9,11-12H,3,6-7,10,13-15H2,1-2H3,(H,32,33). The zero-order chi connectivity index (χ0) is 25.6. The Bertz CT molecular complexity index is 1190.